The number of benzene rings is 2. The molecule has 5 heteroatoms. The Bertz CT molecular complexity index is 913. The molecule has 29 heavy (non-hydrogen) atoms. The van der Waals surface area contributed by atoms with Crippen molar-refractivity contribution in [2.24, 2.45) is 0 Å². The fraction of sp³-hybridized carbons (Fsp3) is 0.333. The number of para-hydroxylation sites is 1. The van der Waals surface area contributed by atoms with Gasteiger partial charge in [-0.05, 0) is 43.2 Å². The van der Waals surface area contributed by atoms with Gasteiger partial charge in [0.1, 0.15) is 17.4 Å². The number of amides is 1. The molecule has 0 spiro atoms. The zero-order valence-electron chi connectivity index (χ0n) is 16.9. The molecule has 0 N–H and O–H groups in total. The van der Waals surface area contributed by atoms with Gasteiger partial charge in [0.25, 0.3) is 5.91 Å². The Labute approximate surface area is 172 Å². The van der Waals surface area contributed by atoms with Gasteiger partial charge in [-0.25, -0.2) is 0 Å². The van der Waals surface area contributed by atoms with E-state index in [1.54, 1.807) is 11.0 Å². The van der Waals surface area contributed by atoms with E-state index >= 15 is 0 Å². The van der Waals surface area contributed by atoms with Crippen LogP contribution in [0.1, 0.15) is 25.0 Å². The number of morpholine rings is 1. The summed E-state index contributed by atoms with van der Waals surface area (Å²) in [5.41, 5.74) is 1.63. The molecule has 1 aliphatic rings. The lowest BCUT2D eigenvalue weighted by atomic mass is 10.00. The molecule has 0 aromatic heterocycles. The summed E-state index contributed by atoms with van der Waals surface area (Å²) in [7, 11) is 0. The van der Waals surface area contributed by atoms with Gasteiger partial charge in [-0.1, -0.05) is 42.5 Å². The third-order valence-electron chi connectivity index (χ3n) is 4.91. The van der Waals surface area contributed by atoms with Gasteiger partial charge in [0.15, 0.2) is 0 Å². The van der Waals surface area contributed by atoms with E-state index in [2.05, 4.69) is 6.07 Å². The molecule has 1 aliphatic heterocycles. The van der Waals surface area contributed by atoms with Crippen LogP contribution in [0.3, 0.4) is 0 Å². The maximum atomic E-state index is 12.9. The molecule has 0 bridgehead atoms. The Morgan fingerprint density at radius 1 is 1.24 bits per heavy atom. The highest BCUT2D eigenvalue weighted by Crippen LogP contribution is 2.22. The van der Waals surface area contributed by atoms with Crippen molar-refractivity contribution in [3.63, 3.8) is 0 Å². The smallest absolute Gasteiger partial charge is 0.265 e. The van der Waals surface area contributed by atoms with E-state index in [9.17, 15) is 10.1 Å². The minimum atomic E-state index is -0.429. The van der Waals surface area contributed by atoms with E-state index in [1.807, 2.05) is 68.4 Å². The molecule has 1 fully saturated rings. The molecule has 0 radical (unpaired) electrons. The summed E-state index contributed by atoms with van der Waals surface area (Å²) in [6.45, 7) is 5.91. The van der Waals surface area contributed by atoms with Crippen molar-refractivity contribution in [1.82, 2.24) is 4.90 Å². The first kappa shape index (κ1) is 20.6. The first-order valence-corrected chi connectivity index (χ1v) is 9.78. The van der Waals surface area contributed by atoms with Crippen LogP contribution in [-0.2, 0) is 16.0 Å². The van der Waals surface area contributed by atoms with Crippen molar-refractivity contribution in [1.29, 1.82) is 5.26 Å². The van der Waals surface area contributed by atoms with Gasteiger partial charge in [-0.2, -0.15) is 5.26 Å². The number of rotatable bonds is 6. The molecule has 1 saturated heterocycles. The summed E-state index contributed by atoms with van der Waals surface area (Å²) < 4.78 is 11.2. The van der Waals surface area contributed by atoms with E-state index < -0.39 is 5.54 Å². The number of ether oxygens (including phenoxy) is 2. The average molecular weight is 390 g/mol. The number of carbonyl (C=O) groups excluding carboxylic acids is 1. The van der Waals surface area contributed by atoms with E-state index in [1.165, 1.54) is 0 Å². The van der Waals surface area contributed by atoms with Crippen LogP contribution in [0.15, 0.2) is 60.2 Å². The van der Waals surface area contributed by atoms with Gasteiger partial charge in [0.2, 0.25) is 0 Å². The predicted octanol–water partition coefficient (Wildman–Crippen LogP) is 3.85. The summed E-state index contributed by atoms with van der Waals surface area (Å²) in [5.74, 6) is 0.590. The number of carbonyl (C=O) groups is 1. The second kappa shape index (κ2) is 9.40. The van der Waals surface area contributed by atoms with Gasteiger partial charge < -0.3 is 14.4 Å². The fourth-order valence-corrected chi connectivity index (χ4v) is 3.33. The molecular formula is C24H26N2O3. The predicted molar refractivity (Wildman–Crippen MR) is 112 cm³/mol. The summed E-state index contributed by atoms with van der Waals surface area (Å²) in [6.07, 6.45) is 2.40. The van der Waals surface area contributed by atoms with E-state index in [0.717, 1.165) is 23.3 Å². The Hall–Kier alpha value is -3.10. The average Bonchev–Trinajstić information content (AvgIpc) is 2.72. The van der Waals surface area contributed by atoms with Crippen LogP contribution in [0.5, 0.6) is 5.75 Å². The van der Waals surface area contributed by atoms with Gasteiger partial charge in [-0.3, -0.25) is 4.79 Å². The summed E-state index contributed by atoms with van der Waals surface area (Å²) in [4.78, 5) is 14.6. The molecule has 0 atom stereocenters. The third-order valence-corrected chi connectivity index (χ3v) is 4.91. The van der Waals surface area contributed by atoms with Gasteiger partial charge in [0.05, 0.1) is 25.4 Å². The van der Waals surface area contributed by atoms with Gasteiger partial charge in [-0.15, -0.1) is 0 Å². The van der Waals surface area contributed by atoms with Crippen LogP contribution in [0.2, 0.25) is 0 Å². The SMILES string of the molecule is CC1(C)COCCN1C(=O)C(C#N)=Cc1cccc(CCOc2ccccc2)c1. The first-order valence-electron chi connectivity index (χ1n) is 9.78. The minimum absolute atomic E-state index is 0.137. The normalized spacial score (nSPS) is 16.2. The number of hydrogen-bond acceptors (Lipinski definition) is 4. The molecule has 0 aliphatic carbocycles. The second-order valence-electron chi connectivity index (χ2n) is 7.65. The van der Waals surface area contributed by atoms with Crippen LogP contribution in [0, 0.1) is 11.3 Å². The largest absolute Gasteiger partial charge is 0.493 e. The molecule has 2 aromatic carbocycles. The molecule has 0 saturated carbocycles. The van der Waals surface area contributed by atoms with Crippen molar-refractivity contribution >= 4 is 12.0 Å². The lowest BCUT2D eigenvalue weighted by Gasteiger charge is -2.41. The van der Waals surface area contributed by atoms with E-state index in [0.29, 0.717) is 26.4 Å². The van der Waals surface area contributed by atoms with Crippen molar-refractivity contribution < 1.29 is 14.3 Å². The highest BCUT2D eigenvalue weighted by atomic mass is 16.5. The van der Waals surface area contributed by atoms with Gasteiger partial charge in [0, 0.05) is 13.0 Å². The van der Waals surface area contributed by atoms with Crippen LogP contribution < -0.4 is 4.74 Å². The highest BCUT2D eigenvalue weighted by molar-refractivity contribution is 6.02. The van der Waals surface area contributed by atoms with Crippen LogP contribution in [-0.4, -0.2) is 42.7 Å². The number of hydrogen-bond donors (Lipinski definition) is 0. The molecular weight excluding hydrogens is 364 g/mol. The quantitative estimate of drug-likeness (QED) is 0.555. The topological polar surface area (TPSA) is 62.6 Å². The van der Waals surface area contributed by atoms with Gasteiger partial charge >= 0.3 is 0 Å². The highest BCUT2D eigenvalue weighted by Gasteiger charge is 2.35. The van der Waals surface area contributed by atoms with Crippen molar-refractivity contribution in [3.05, 3.63) is 71.3 Å². The molecule has 1 amide bonds. The van der Waals surface area contributed by atoms with E-state index in [4.69, 9.17) is 9.47 Å². The minimum Gasteiger partial charge on any atom is -0.493 e. The van der Waals surface area contributed by atoms with Crippen molar-refractivity contribution in [2.75, 3.05) is 26.4 Å². The first-order chi connectivity index (χ1) is 14.0. The summed E-state index contributed by atoms with van der Waals surface area (Å²) >= 11 is 0. The second-order valence-corrected chi connectivity index (χ2v) is 7.65. The lowest BCUT2D eigenvalue weighted by Crippen LogP contribution is -2.55. The fourth-order valence-electron chi connectivity index (χ4n) is 3.33. The lowest BCUT2D eigenvalue weighted by molar-refractivity contribution is -0.141. The molecule has 3 rings (SSSR count). The van der Waals surface area contributed by atoms with Crippen molar-refractivity contribution in [3.8, 4) is 11.8 Å². The number of nitriles is 1. The Morgan fingerprint density at radius 2 is 2.03 bits per heavy atom. The Kier molecular flexibility index (Phi) is 6.69. The van der Waals surface area contributed by atoms with Crippen LogP contribution in [0.25, 0.3) is 6.08 Å². The van der Waals surface area contributed by atoms with Crippen LogP contribution in [0.4, 0.5) is 0 Å². The van der Waals surface area contributed by atoms with Crippen LogP contribution >= 0.6 is 0 Å². The maximum absolute atomic E-state index is 12.9. The zero-order valence-corrected chi connectivity index (χ0v) is 16.9. The monoisotopic (exact) mass is 390 g/mol. The molecule has 5 nitrogen and oxygen atoms in total. The molecule has 0 unspecified atom stereocenters. The summed E-state index contributed by atoms with van der Waals surface area (Å²) in [6, 6.07) is 19.6. The number of nitrogens with zero attached hydrogens (tertiary/aromatic N) is 2. The standard InChI is InChI=1S/C24H26N2O3/c1-24(2)18-28-14-12-26(24)23(27)21(17-25)16-20-8-6-7-19(15-20)11-13-29-22-9-4-3-5-10-22/h3-10,15-16H,11-14,18H2,1-2H3. The molecule has 150 valence electrons. The Morgan fingerprint density at radius 3 is 2.76 bits per heavy atom. The summed E-state index contributed by atoms with van der Waals surface area (Å²) in [5, 5.41) is 9.58. The van der Waals surface area contributed by atoms with Crippen molar-refractivity contribution in [2.45, 2.75) is 25.8 Å². The third kappa shape index (κ3) is 5.46. The zero-order chi connectivity index (χ0) is 20.7. The molecule has 1 heterocycles. The molecule has 2 aromatic rings. The maximum Gasteiger partial charge on any atom is 0.265 e. The van der Waals surface area contributed by atoms with E-state index in [-0.39, 0.29) is 11.5 Å². The Balaban J connectivity index is 1.69.